The quantitative estimate of drug-likeness (QED) is 0.465. The van der Waals surface area contributed by atoms with Gasteiger partial charge in [-0.05, 0) is 56.2 Å². The molecule has 0 bridgehead atoms. The number of hydrogen-bond acceptors (Lipinski definition) is 5. The molecule has 0 aliphatic rings. The summed E-state index contributed by atoms with van der Waals surface area (Å²) in [6.45, 7) is 4.40. The van der Waals surface area contributed by atoms with Crippen LogP contribution in [0.1, 0.15) is 32.6 Å². The third-order valence-electron chi connectivity index (χ3n) is 4.92. The number of aromatic nitrogens is 2. The second-order valence-electron chi connectivity index (χ2n) is 7.18. The molecule has 1 aromatic heterocycles. The summed E-state index contributed by atoms with van der Waals surface area (Å²) in [4.78, 5) is 18.8. The van der Waals surface area contributed by atoms with Gasteiger partial charge in [0.05, 0.1) is 21.7 Å². The number of anilines is 1. The Morgan fingerprint density at radius 3 is 2.33 bits per heavy atom. The number of nitrogens with zero attached hydrogens (tertiary/aromatic N) is 2. The Morgan fingerprint density at radius 2 is 1.73 bits per heavy atom. The Morgan fingerprint density at radius 1 is 1.06 bits per heavy atom. The molecule has 0 atom stereocenters. The summed E-state index contributed by atoms with van der Waals surface area (Å²) in [7, 11) is -4.33. The van der Waals surface area contributed by atoms with E-state index in [1.54, 1.807) is 6.92 Å². The van der Waals surface area contributed by atoms with Crippen molar-refractivity contribution in [2.75, 3.05) is 4.72 Å². The van der Waals surface area contributed by atoms with E-state index in [1.807, 2.05) is 0 Å². The van der Waals surface area contributed by atoms with Crippen molar-refractivity contribution in [2.24, 2.45) is 0 Å². The molecule has 0 aliphatic heterocycles. The van der Waals surface area contributed by atoms with Gasteiger partial charge in [0.15, 0.2) is 0 Å². The summed E-state index contributed by atoms with van der Waals surface area (Å²) >= 11 is 6.16. The maximum atomic E-state index is 13.4. The fraction of sp³-hybridized carbons (Fsp3) is 0.190. The topological polar surface area (TPSA) is 109 Å². The molecule has 0 fully saturated rings. The lowest BCUT2D eigenvalue weighted by molar-refractivity contribution is -0.138. The van der Waals surface area contributed by atoms with Crippen LogP contribution in [-0.4, -0.2) is 29.5 Å². The highest BCUT2D eigenvalue weighted by Gasteiger charge is 2.34. The molecule has 2 N–H and O–H groups in total. The number of sulfonamides is 1. The standard InChI is InChI=1S/C21H17ClF3N3O4S/c1-10-7-8-15(21(23,24)25)11(2)16(10)17-12(3)18(22)27-20(26-17)28-33(31,32)14-6-4-5-13(9-14)19(29)30/h4-9H,1-3H3,(H,29,30)(H,26,27,28). The van der Waals surface area contributed by atoms with Crippen molar-refractivity contribution in [3.05, 3.63) is 69.4 Å². The molecule has 12 heteroatoms. The molecule has 1 heterocycles. The average Bonchev–Trinajstić information content (AvgIpc) is 2.70. The van der Waals surface area contributed by atoms with Gasteiger partial charge in [0.25, 0.3) is 10.0 Å². The van der Waals surface area contributed by atoms with Crippen LogP contribution in [0.2, 0.25) is 5.15 Å². The van der Waals surface area contributed by atoms with Crippen molar-refractivity contribution < 1.29 is 31.5 Å². The first-order valence-electron chi connectivity index (χ1n) is 9.30. The van der Waals surface area contributed by atoms with Crippen molar-refractivity contribution in [2.45, 2.75) is 31.8 Å². The molecule has 0 spiro atoms. The van der Waals surface area contributed by atoms with Crippen molar-refractivity contribution in [1.82, 2.24) is 9.97 Å². The zero-order valence-corrected chi connectivity index (χ0v) is 19.0. The molecule has 0 amide bonds. The number of carboxylic acids is 1. The van der Waals surface area contributed by atoms with Crippen LogP contribution < -0.4 is 4.72 Å². The van der Waals surface area contributed by atoms with E-state index in [0.717, 1.165) is 12.1 Å². The first kappa shape index (κ1) is 24.5. The van der Waals surface area contributed by atoms with E-state index >= 15 is 0 Å². The smallest absolute Gasteiger partial charge is 0.416 e. The van der Waals surface area contributed by atoms with Crippen LogP contribution in [-0.2, 0) is 16.2 Å². The van der Waals surface area contributed by atoms with Crippen LogP contribution in [0.5, 0.6) is 0 Å². The third kappa shape index (κ3) is 4.93. The van der Waals surface area contributed by atoms with E-state index in [9.17, 15) is 26.4 Å². The van der Waals surface area contributed by atoms with Crippen LogP contribution in [0.15, 0.2) is 41.3 Å². The molecule has 7 nitrogen and oxygen atoms in total. The van der Waals surface area contributed by atoms with E-state index in [0.29, 0.717) is 5.56 Å². The highest BCUT2D eigenvalue weighted by Crippen LogP contribution is 2.39. The largest absolute Gasteiger partial charge is 0.478 e. The Balaban J connectivity index is 2.14. The minimum Gasteiger partial charge on any atom is -0.478 e. The van der Waals surface area contributed by atoms with Crippen molar-refractivity contribution in [3.63, 3.8) is 0 Å². The average molecular weight is 500 g/mol. The number of carbonyl (C=O) groups is 1. The SMILES string of the molecule is Cc1ccc(C(F)(F)F)c(C)c1-c1nc(NS(=O)(=O)c2cccc(C(=O)O)c2)nc(Cl)c1C. The predicted octanol–water partition coefficient (Wildman–Crippen LogP) is 5.24. The van der Waals surface area contributed by atoms with Gasteiger partial charge in [-0.15, -0.1) is 0 Å². The Bertz CT molecular complexity index is 1380. The molecular weight excluding hydrogens is 483 g/mol. The highest BCUT2D eigenvalue weighted by atomic mass is 35.5. The van der Waals surface area contributed by atoms with Gasteiger partial charge in [-0.3, -0.25) is 0 Å². The molecule has 0 radical (unpaired) electrons. The summed E-state index contributed by atoms with van der Waals surface area (Å²) in [5, 5.41) is 8.93. The number of rotatable bonds is 5. The molecular formula is C21H17ClF3N3O4S. The van der Waals surface area contributed by atoms with Crippen molar-refractivity contribution >= 4 is 33.5 Å². The van der Waals surface area contributed by atoms with E-state index in [4.69, 9.17) is 16.7 Å². The number of hydrogen-bond donors (Lipinski definition) is 2. The summed E-state index contributed by atoms with van der Waals surface area (Å²) in [6.07, 6.45) is -4.60. The van der Waals surface area contributed by atoms with Gasteiger partial charge in [-0.25, -0.2) is 22.9 Å². The second kappa shape index (κ2) is 8.64. The number of nitrogens with one attached hydrogen (secondary N) is 1. The van der Waals surface area contributed by atoms with Crippen molar-refractivity contribution in [1.29, 1.82) is 0 Å². The zero-order chi connectivity index (χ0) is 24.7. The van der Waals surface area contributed by atoms with E-state index in [1.165, 1.54) is 38.1 Å². The van der Waals surface area contributed by atoms with E-state index < -0.39 is 33.7 Å². The lowest BCUT2D eigenvalue weighted by Gasteiger charge is -2.18. The monoisotopic (exact) mass is 499 g/mol. The number of aryl methyl sites for hydroxylation is 1. The number of aromatic carboxylic acids is 1. The summed E-state index contributed by atoms with van der Waals surface area (Å²) < 4.78 is 68.0. The minimum absolute atomic E-state index is 0.0353. The van der Waals surface area contributed by atoms with Gasteiger partial charge < -0.3 is 5.11 Å². The normalized spacial score (nSPS) is 12.0. The Kier molecular flexibility index (Phi) is 6.40. The second-order valence-corrected chi connectivity index (χ2v) is 9.22. The van der Waals surface area contributed by atoms with Crippen LogP contribution >= 0.6 is 11.6 Å². The summed E-state index contributed by atoms with van der Waals surface area (Å²) in [5.41, 5.74) is -0.280. The van der Waals surface area contributed by atoms with Gasteiger partial charge in [-0.2, -0.15) is 18.2 Å². The lowest BCUT2D eigenvalue weighted by atomic mass is 9.93. The van der Waals surface area contributed by atoms with Crippen LogP contribution in [0.25, 0.3) is 11.3 Å². The third-order valence-corrected chi connectivity index (χ3v) is 6.61. The Labute approximate surface area is 192 Å². The van der Waals surface area contributed by atoms with E-state index in [-0.39, 0.29) is 38.0 Å². The minimum atomic E-state index is -4.60. The molecule has 3 aromatic rings. The Hall–Kier alpha value is -3.18. The maximum absolute atomic E-state index is 13.4. The molecule has 174 valence electrons. The molecule has 3 rings (SSSR count). The number of halogens is 4. The van der Waals surface area contributed by atoms with E-state index in [2.05, 4.69) is 14.7 Å². The van der Waals surface area contributed by atoms with Crippen LogP contribution in [0, 0.1) is 20.8 Å². The molecule has 0 unspecified atom stereocenters. The van der Waals surface area contributed by atoms with Crippen LogP contribution in [0.4, 0.5) is 19.1 Å². The summed E-state index contributed by atoms with van der Waals surface area (Å²) in [5.74, 6) is -1.79. The number of alkyl halides is 3. The summed E-state index contributed by atoms with van der Waals surface area (Å²) in [6, 6.07) is 6.85. The fourth-order valence-electron chi connectivity index (χ4n) is 3.27. The molecule has 33 heavy (non-hydrogen) atoms. The zero-order valence-electron chi connectivity index (χ0n) is 17.5. The number of carboxylic acid groups (broad SMARTS) is 1. The van der Waals surface area contributed by atoms with Gasteiger partial charge >= 0.3 is 12.1 Å². The van der Waals surface area contributed by atoms with Gasteiger partial charge in [-0.1, -0.05) is 23.7 Å². The molecule has 0 saturated heterocycles. The fourth-order valence-corrected chi connectivity index (χ4v) is 4.43. The van der Waals surface area contributed by atoms with Gasteiger partial charge in [0, 0.05) is 11.1 Å². The van der Waals surface area contributed by atoms with Crippen LogP contribution in [0.3, 0.4) is 0 Å². The molecule has 0 saturated carbocycles. The number of benzene rings is 2. The first-order chi connectivity index (χ1) is 15.2. The lowest BCUT2D eigenvalue weighted by Crippen LogP contribution is -2.17. The van der Waals surface area contributed by atoms with Crippen molar-refractivity contribution in [3.8, 4) is 11.3 Å². The maximum Gasteiger partial charge on any atom is 0.416 e. The highest BCUT2D eigenvalue weighted by molar-refractivity contribution is 7.92. The van der Waals surface area contributed by atoms with Gasteiger partial charge in [0.1, 0.15) is 5.15 Å². The molecule has 0 aliphatic carbocycles. The first-order valence-corrected chi connectivity index (χ1v) is 11.2. The molecule has 2 aromatic carbocycles. The van der Waals surface area contributed by atoms with Gasteiger partial charge in [0.2, 0.25) is 5.95 Å². The predicted molar refractivity (Wildman–Crippen MR) is 116 cm³/mol.